The summed E-state index contributed by atoms with van der Waals surface area (Å²) in [6.07, 6.45) is 0. The van der Waals surface area contributed by atoms with Crippen molar-refractivity contribution in [3.05, 3.63) is 456 Å². The molecule has 9 aliphatic rings. The average Bonchev–Trinajstić information content (AvgIpc) is 1.54. The maximum Gasteiger partial charge on any atom is 0.0582 e. The van der Waals surface area contributed by atoms with Crippen LogP contribution in [0.15, 0.2) is 328 Å². The van der Waals surface area contributed by atoms with E-state index in [0.717, 1.165) is 0 Å². The molecule has 2 heterocycles. The second kappa shape index (κ2) is 29.4. The molecule has 1 aromatic heterocycles. The van der Waals surface area contributed by atoms with Gasteiger partial charge in [0, 0.05) is 59.5 Å². The van der Waals surface area contributed by atoms with Crippen LogP contribution in [0.1, 0.15) is 253 Å². The Balaban J connectivity index is 0.0000000936. The number of aromatic nitrogens is 1. The molecule has 0 atom stereocenters. The molecular formula is C136H123N. The SMILES string of the molecule is Cc1cc2c(c3ccccc13)-c1cc3c(cc1C2(C)C)-c1ccccc1C3(C)C.Cc1ccc(-c2ccc3c(c2)C(C)(C)c2cccc4c5ccccc5n-3c24)cc1.Cc1ccc2c(c1)C(C)(C)c1cc3c(cc1-2)-c1ccccc1C3(C)C.Cc1ccc2c(c1)C(C)(C)c1cc3c(cc1-2)C(C)(C)c1ccc2ccccc2c1-3.Cc1ccc2c(c1)C(C)(C)c1cc3c(cc1-2)C(C)(C)c1ccccc1-3. The minimum atomic E-state index is -0.0556. The smallest absolute Gasteiger partial charge is 0.0582 e. The zero-order valence-electron chi connectivity index (χ0n) is 84.1. The molecule has 0 fully saturated rings. The van der Waals surface area contributed by atoms with Crippen LogP contribution in [0.5, 0.6) is 0 Å². The molecule has 1 aliphatic heterocycles. The number of rotatable bonds is 1. The molecule has 19 aromatic rings. The fourth-order valence-corrected chi connectivity index (χ4v) is 27.0. The van der Waals surface area contributed by atoms with E-state index in [4.69, 9.17) is 0 Å². The summed E-state index contributed by atoms with van der Waals surface area (Å²) in [7, 11) is 0. The second-order valence-electron chi connectivity index (χ2n) is 46.2. The third-order valence-corrected chi connectivity index (χ3v) is 34.8. The fraction of sp³-hybridized carbons (Fsp3) is 0.235. The summed E-state index contributed by atoms with van der Waals surface area (Å²) >= 11 is 0. The van der Waals surface area contributed by atoms with E-state index >= 15 is 0 Å². The number of benzene rings is 18. The number of fused-ring (bicyclic) bond motifs is 33. The molecule has 0 saturated heterocycles. The van der Waals surface area contributed by atoms with Gasteiger partial charge in [-0.2, -0.15) is 0 Å². The Morgan fingerprint density at radius 2 is 0.496 bits per heavy atom. The van der Waals surface area contributed by atoms with E-state index in [0.29, 0.717) is 0 Å². The standard InChI is InChI=1S/2C29H26.C28H23N.2C25H24/c1-17-14-26-27(20-12-7-6-10-18(17)20)22-16-24-21(15-25(22)29(26,4)5)19-11-8-9-13-23(19)28(24,2)3;1-17-10-12-20-21-15-26-22(16-25(21)29(4,5)24(20)14-17)27-19-9-7-6-8-18(19)11-13-23(27)28(26,2)3;1-18-11-13-19(14-12-18)20-15-16-26-24(17-20)28(2,3)23-9-6-8-22-21-7-4-5-10-25(21)29(26)27(22)23;1-15-10-11-17-19-14-22-18(13-23(19)25(4,5)21(17)12-15)16-8-6-7-9-20(16)24(22,2)3;1-15-10-11-17-19-13-18-16-8-6-7-9-20(16)24(2,3)22(18)14-23(19)25(4,5)21(17)12-15/h2*6-16H,1-5H3;4-17H,1-3H3;2*6-14H,1-5H3. The van der Waals surface area contributed by atoms with Crippen molar-refractivity contribution in [3.8, 4) is 106 Å². The highest BCUT2D eigenvalue weighted by molar-refractivity contribution is 6.12. The van der Waals surface area contributed by atoms with Gasteiger partial charge in [-0.25, -0.2) is 0 Å². The molecule has 0 radical (unpaired) electrons. The van der Waals surface area contributed by atoms with Gasteiger partial charge in [-0.1, -0.05) is 414 Å². The zero-order chi connectivity index (χ0) is 95.1. The summed E-state index contributed by atoms with van der Waals surface area (Å²) in [5, 5.41) is 8.14. The first-order valence-corrected chi connectivity index (χ1v) is 50.0. The summed E-state index contributed by atoms with van der Waals surface area (Å²) < 4.78 is 2.47. The Kier molecular flexibility index (Phi) is 18.5. The predicted molar refractivity (Wildman–Crippen MR) is 583 cm³/mol. The number of hydrogen-bond acceptors (Lipinski definition) is 0. The second-order valence-corrected chi connectivity index (χ2v) is 46.2. The van der Waals surface area contributed by atoms with Crippen molar-refractivity contribution < 1.29 is 0 Å². The van der Waals surface area contributed by atoms with Crippen LogP contribution in [-0.2, 0) is 48.7 Å². The first-order valence-electron chi connectivity index (χ1n) is 50.0. The molecule has 137 heavy (non-hydrogen) atoms. The maximum atomic E-state index is 2.51. The molecule has 18 aromatic carbocycles. The molecule has 1 nitrogen and oxygen atoms in total. The number of nitrogens with zero attached hydrogens (tertiary/aromatic N) is 1. The molecule has 0 spiro atoms. The van der Waals surface area contributed by atoms with Crippen LogP contribution in [0.2, 0.25) is 0 Å². The van der Waals surface area contributed by atoms with Crippen molar-refractivity contribution in [3.63, 3.8) is 0 Å². The van der Waals surface area contributed by atoms with Crippen molar-refractivity contribution in [1.29, 1.82) is 0 Å². The van der Waals surface area contributed by atoms with Crippen LogP contribution >= 0.6 is 0 Å². The lowest BCUT2D eigenvalue weighted by Crippen LogP contribution is -2.26. The normalized spacial score (nSPS) is 16.7. The zero-order valence-corrected chi connectivity index (χ0v) is 84.1. The molecule has 0 bridgehead atoms. The lowest BCUT2D eigenvalue weighted by molar-refractivity contribution is 0.630. The van der Waals surface area contributed by atoms with Crippen molar-refractivity contribution in [1.82, 2.24) is 4.57 Å². The molecule has 0 saturated carbocycles. The summed E-state index contributed by atoms with van der Waals surface area (Å²) in [5.74, 6) is 0. The fourth-order valence-electron chi connectivity index (χ4n) is 27.0. The maximum absolute atomic E-state index is 2.51. The van der Waals surface area contributed by atoms with Gasteiger partial charge in [0.25, 0.3) is 0 Å². The lowest BCUT2D eigenvalue weighted by Gasteiger charge is -2.35. The van der Waals surface area contributed by atoms with Crippen molar-refractivity contribution in [2.45, 2.75) is 208 Å². The van der Waals surface area contributed by atoms with Gasteiger partial charge in [0.2, 0.25) is 0 Å². The van der Waals surface area contributed by atoms with E-state index in [2.05, 4.69) is 491 Å². The Morgan fingerprint density at radius 3 is 0.985 bits per heavy atom. The topological polar surface area (TPSA) is 4.93 Å². The largest absolute Gasteiger partial charge is 0.309 e. The third kappa shape index (κ3) is 12.2. The highest BCUT2D eigenvalue weighted by atomic mass is 15.0. The Morgan fingerprint density at radius 1 is 0.168 bits per heavy atom. The summed E-state index contributed by atoms with van der Waals surface area (Å²) in [4.78, 5) is 0. The Labute approximate surface area is 811 Å². The molecular weight excluding hydrogens is 1650 g/mol. The average molecular weight is 1770 g/mol. The van der Waals surface area contributed by atoms with Gasteiger partial charge in [0.05, 0.1) is 16.7 Å². The van der Waals surface area contributed by atoms with E-state index in [1.165, 1.54) is 277 Å². The Hall–Kier alpha value is -13.7. The minimum Gasteiger partial charge on any atom is -0.309 e. The first-order chi connectivity index (χ1) is 65.3. The minimum absolute atomic E-state index is 0.0101. The quantitative estimate of drug-likeness (QED) is 0.154. The first kappa shape index (κ1) is 86.1. The van der Waals surface area contributed by atoms with Gasteiger partial charge >= 0.3 is 0 Å². The number of para-hydroxylation sites is 2. The summed E-state index contributed by atoms with van der Waals surface area (Å²) in [5.41, 5.74) is 62.5. The van der Waals surface area contributed by atoms with Gasteiger partial charge in [-0.3, -0.25) is 0 Å². The highest BCUT2D eigenvalue weighted by Crippen LogP contribution is 2.64. The van der Waals surface area contributed by atoms with Crippen LogP contribution in [0.3, 0.4) is 0 Å². The third-order valence-electron chi connectivity index (χ3n) is 34.8. The van der Waals surface area contributed by atoms with E-state index in [-0.39, 0.29) is 48.7 Å². The van der Waals surface area contributed by atoms with Gasteiger partial charge in [0.1, 0.15) is 0 Å². The van der Waals surface area contributed by atoms with Crippen molar-refractivity contribution >= 4 is 43.4 Å². The molecule has 28 rings (SSSR count). The highest BCUT2D eigenvalue weighted by Gasteiger charge is 2.49. The summed E-state index contributed by atoms with van der Waals surface area (Å²) in [6, 6.07) is 124. The molecule has 8 aliphatic carbocycles. The van der Waals surface area contributed by atoms with E-state index in [1.54, 1.807) is 0 Å². The van der Waals surface area contributed by atoms with Gasteiger partial charge in [-0.05, 0) is 323 Å². The van der Waals surface area contributed by atoms with Crippen molar-refractivity contribution in [2.75, 3.05) is 0 Å². The molecule has 672 valence electrons. The number of aryl methyl sites for hydroxylation is 5. The van der Waals surface area contributed by atoms with Crippen LogP contribution in [0.25, 0.3) is 149 Å². The lowest BCUT2D eigenvalue weighted by atomic mass is 9.74. The van der Waals surface area contributed by atoms with E-state index < -0.39 is 0 Å². The predicted octanol–water partition coefficient (Wildman–Crippen LogP) is 36.1. The van der Waals surface area contributed by atoms with Crippen LogP contribution in [-0.4, -0.2) is 4.57 Å². The van der Waals surface area contributed by atoms with E-state index in [9.17, 15) is 0 Å². The molecule has 0 unspecified atom stereocenters. The summed E-state index contributed by atoms with van der Waals surface area (Å²) in [6.45, 7) is 53.7. The van der Waals surface area contributed by atoms with Gasteiger partial charge in [0.15, 0.2) is 0 Å². The van der Waals surface area contributed by atoms with Crippen LogP contribution in [0, 0.1) is 34.6 Å². The van der Waals surface area contributed by atoms with Gasteiger partial charge < -0.3 is 4.57 Å². The van der Waals surface area contributed by atoms with Crippen LogP contribution in [0.4, 0.5) is 0 Å². The Bertz CT molecular complexity index is 8500. The number of hydrogen-bond donors (Lipinski definition) is 0. The molecule has 0 amide bonds. The van der Waals surface area contributed by atoms with Gasteiger partial charge in [-0.15, -0.1) is 0 Å². The van der Waals surface area contributed by atoms with Crippen LogP contribution < -0.4 is 0 Å². The van der Waals surface area contributed by atoms with E-state index in [1.807, 2.05) is 0 Å². The molecule has 1 heteroatoms. The monoisotopic (exact) mass is 1770 g/mol. The molecule has 0 N–H and O–H groups in total. The van der Waals surface area contributed by atoms with Crippen molar-refractivity contribution in [2.24, 2.45) is 0 Å².